The molecule has 5 heteroatoms. The van der Waals surface area contributed by atoms with Crippen LogP contribution in [0.2, 0.25) is 0 Å². The second kappa shape index (κ2) is 7.93. The van der Waals surface area contributed by atoms with Crippen molar-refractivity contribution < 1.29 is 19.1 Å². The van der Waals surface area contributed by atoms with Gasteiger partial charge in [-0.15, -0.1) is 5.06 Å². The smallest absolute Gasteiger partial charge is 0.443 e. The number of rotatable bonds is 6. The van der Waals surface area contributed by atoms with E-state index in [-0.39, 0.29) is 0 Å². The van der Waals surface area contributed by atoms with Crippen LogP contribution in [-0.4, -0.2) is 24.3 Å². The highest BCUT2D eigenvalue weighted by Gasteiger charge is 2.17. The topological polar surface area (TPSA) is 48.0 Å². The number of carbonyl (C=O) groups is 1. The molecule has 5 nitrogen and oxygen atoms in total. The Morgan fingerprint density at radius 2 is 1.59 bits per heavy atom. The molecule has 116 valence electrons. The molecular formula is C17H19NO4. The molecule has 0 bridgehead atoms. The Balaban J connectivity index is 2.15. The van der Waals surface area contributed by atoms with E-state index < -0.39 is 6.09 Å². The van der Waals surface area contributed by atoms with Gasteiger partial charge < -0.3 is 14.3 Å². The van der Waals surface area contributed by atoms with Crippen molar-refractivity contribution >= 4 is 6.09 Å². The minimum absolute atomic E-state index is 0.293. The minimum atomic E-state index is -0.528. The highest BCUT2D eigenvalue weighted by molar-refractivity contribution is 5.66. The quantitative estimate of drug-likeness (QED) is 0.748. The summed E-state index contributed by atoms with van der Waals surface area (Å²) >= 11 is 0. The van der Waals surface area contributed by atoms with E-state index in [0.717, 1.165) is 5.06 Å². The molecule has 0 aliphatic heterocycles. The molecule has 1 amide bonds. The van der Waals surface area contributed by atoms with Gasteiger partial charge in [-0.25, -0.2) is 4.79 Å². The van der Waals surface area contributed by atoms with Crippen molar-refractivity contribution in [2.45, 2.75) is 13.8 Å². The number of amides is 1. The summed E-state index contributed by atoms with van der Waals surface area (Å²) in [6.45, 7) is 4.20. The number of carbonyl (C=O) groups excluding carboxylic acids is 1. The first-order valence-corrected chi connectivity index (χ1v) is 7.18. The monoisotopic (exact) mass is 301 g/mol. The Bertz CT molecular complexity index is 601. The summed E-state index contributed by atoms with van der Waals surface area (Å²) in [5, 5.41) is 1.15. The van der Waals surface area contributed by atoms with Gasteiger partial charge in [0.1, 0.15) is 5.75 Å². The lowest BCUT2D eigenvalue weighted by Crippen LogP contribution is -2.34. The van der Waals surface area contributed by atoms with Crippen LogP contribution in [0.4, 0.5) is 4.79 Å². The Hall–Kier alpha value is -2.69. The summed E-state index contributed by atoms with van der Waals surface area (Å²) in [6, 6.07) is 16.5. The number of benzene rings is 2. The standard InChI is InChI=1S/C17H19NO4/c1-3-18(17(19)20-4-2)22-16-13-9-8-12-15(16)21-14-10-6-5-7-11-14/h5-13H,3-4H2,1-2H3. The summed E-state index contributed by atoms with van der Waals surface area (Å²) in [4.78, 5) is 17.4. The fourth-order valence-corrected chi connectivity index (χ4v) is 1.77. The fourth-order valence-electron chi connectivity index (χ4n) is 1.77. The number of hydrogen-bond donors (Lipinski definition) is 0. The third-order valence-electron chi connectivity index (χ3n) is 2.79. The van der Waals surface area contributed by atoms with Crippen LogP contribution in [0.1, 0.15) is 13.8 Å². The zero-order chi connectivity index (χ0) is 15.8. The van der Waals surface area contributed by atoms with Crippen molar-refractivity contribution in [1.29, 1.82) is 0 Å². The average Bonchev–Trinajstić information content (AvgIpc) is 2.55. The molecule has 0 spiro atoms. The number of nitrogens with zero attached hydrogens (tertiary/aromatic N) is 1. The second-order valence-electron chi connectivity index (χ2n) is 4.35. The van der Waals surface area contributed by atoms with E-state index in [1.165, 1.54) is 0 Å². The van der Waals surface area contributed by atoms with Crippen molar-refractivity contribution in [3.05, 3.63) is 54.6 Å². The van der Waals surface area contributed by atoms with E-state index in [0.29, 0.717) is 30.4 Å². The SMILES string of the molecule is CCOC(=O)N(CC)Oc1ccccc1Oc1ccccc1. The lowest BCUT2D eigenvalue weighted by Gasteiger charge is -2.21. The van der Waals surface area contributed by atoms with E-state index in [9.17, 15) is 4.79 Å². The van der Waals surface area contributed by atoms with Crippen LogP contribution >= 0.6 is 0 Å². The van der Waals surface area contributed by atoms with Gasteiger partial charge in [0.2, 0.25) is 0 Å². The normalized spacial score (nSPS) is 9.91. The molecule has 0 heterocycles. The largest absolute Gasteiger partial charge is 0.453 e. The first kappa shape index (κ1) is 15.7. The molecule has 0 saturated carbocycles. The molecule has 2 aromatic carbocycles. The van der Waals surface area contributed by atoms with Crippen LogP contribution in [0.15, 0.2) is 54.6 Å². The Labute approximate surface area is 130 Å². The number of para-hydroxylation sites is 3. The molecule has 0 atom stereocenters. The maximum atomic E-state index is 11.8. The minimum Gasteiger partial charge on any atom is -0.453 e. The van der Waals surface area contributed by atoms with Gasteiger partial charge in [0.15, 0.2) is 11.5 Å². The second-order valence-corrected chi connectivity index (χ2v) is 4.35. The molecule has 0 unspecified atom stereocenters. The maximum absolute atomic E-state index is 11.8. The molecule has 2 aromatic rings. The molecule has 0 aromatic heterocycles. The van der Waals surface area contributed by atoms with Gasteiger partial charge in [-0.1, -0.05) is 30.3 Å². The molecule has 0 fully saturated rings. The zero-order valence-electron chi connectivity index (χ0n) is 12.7. The highest BCUT2D eigenvalue weighted by Crippen LogP contribution is 2.31. The van der Waals surface area contributed by atoms with Gasteiger partial charge in [-0.2, -0.15) is 0 Å². The summed E-state index contributed by atoms with van der Waals surface area (Å²) in [6.07, 6.45) is -0.528. The molecule has 2 rings (SSSR count). The molecule has 0 N–H and O–H groups in total. The lowest BCUT2D eigenvalue weighted by atomic mass is 10.3. The summed E-state index contributed by atoms with van der Waals surface area (Å²) in [5.74, 6) is 1.66. The number of ether oxygens (including phenoxy) is 2. The molecule has 0 saturated heterocycles. The van der Waals surface area contributed by atoms with E-state index in [4.69, 9.17) is 14.3 Å². The third kappa shape index (κ3) is 4.15. The Morgan fingerprint density at radius 1 is 0.955 bits per heavy atom. The van der Waals surface area contributed by atoms with Crippen molar-refractivity contribution in [1.82, 2.24) is 5.06 Å². The first-order chi connectivity index (χ1) is 10.7. The van der Waals surface area contributed by atoms with Crippen LogP contribution < -0.4 is 9.57 Å². The van der Waals surface area contributed by atoms with Crippen molar-refractivity contribution in [2.24, 2.45) is 0 Å². The van der Waals surface area contributed by atoms with Crippen molar-refractivity contribution in [3.63, 3.8) is 0 Å². The van der Waals surface area contributed by atoms with Crippen molar-refractivity contribution in [2.75, 3.05) is 13.2 Å². The highest BCUT2D eigenvalue weighted by atomic mass is 16.7. The Kier molecular flexibility index (Phi) is 5.65. The first-order valence-electron chi connectivity index (χ1n) is 7.18. The molecule has 0 aliphatic rings. The third-order valence-corrected chi connectivity index (χ3v) is 2.79. The summed E-state index contributed by atoms with van der Waals surface area (Å²) in [5.41, 5.74) is 0. The molecular weight excluding hydrogens is 282 g/mol. The van der Waals surface area contributed by atoms with Gasteiger partial charge in [0, 0.05) is 0 Å². The van der Waals surface area contributed by atoms with E-state index >= 15 is 0 Å². The van der Waals surface area contributed by atoms with E-state index in [1.807, 2.05) is 42.5 Å². The van der Waals surface area contributed by atoms with Gasteiger partial charge in [0.25, 0.3) is 0 Å². The Morgan fingerprint density at radius 3 is 2.23 bits per heavy atom. The lowest BCUT2D eigenvalue weighted by molar-refractivity contribution is -0.0443. The average molecular weight is 301 g/mol. The van der Waals surface area contributed by atoms with E-state index in [1.54, 1.807) is 26.0 Å². The van der Waals surface area contributed by atoms with Gasteiger partial charge in [-0.3, -0.25) is 0 Å². The van der Waals surface area contributed by atoms with E-state index in [2.05, 4.69) is 0 Å². The molecule has 22 heavy (non-hydrogen) atoms. The van der Waals surface area contributed by atoms with Gasteiger partial charge in [-0.05, 0) is 38.1 Å². The number of hydrogen-bond acceptors (Lipinski definition) is 4. The van der Waals surface area contributed by atoms with Crippen LogP contribution in [-0.2, 0) is 4.74 Å². The maximum Gasteiger partial charge on any atom is 0.443 e. The van der Waals surface area contributed by atoms with Crippen LogP contribution in [0.5, 0.6) is 17.2 Å². The summed E-state index contributed by atoms with van der Waals surface area (Å²) < 4.78 is 10.7. The van der Waals surface area contributed by atoms with Crippen LogP contribution in [0, 0.1) is 0 Å². The zero-order valence-corrected chi connectivity index (χ0v) is 12.7. The van der Waals surface area contributed by atoms with Crippen LogP contribution in [0.3, 0.4) is 0 Å². The molecule has 0 radical (unpaired) electrons. The van der Waals surface area contributed by atoms with Crippen LogP contribution in [0.25, 0.3) is 0 Å². The predicted octanol–water partition coefficient (Wildman–Crippen LogP) is 4.25. The van der Waals surface area contributed by atoms with Gasteiger partial charge >= 0.3 is 6.09 Å². The van der Waals surface area contributed by atoms with Crippen molar-refractivity contribution in [3.8, 4) is 17.2 Å². The summed E-state index contributed by atoms with van der Waals surface area (Å²) in [7, 11) is 0. The van der Waals surface area contributed by atoms with Gasteiger partial charge in [0.05, 0.1) is 13.2 Å². The molecule has 0 aliphatic carbocycles. The number of hydroxylamine groups is 2. The predicted molar refractivity (Wildman–Crippen MR) is 83.0 cm³/mol. The fraction of sp³-hybridized carbons (Fsp3) is 0.235.